The molecule has 0 saturated carbocycles. The Morgan fingerprint density at radius 3 is 2.75 bits per heavy atom. The second-order valence-electron chi connectivity index (χ2n) is 2.95. The molecular weight excluding hydrogens is 247 g/mol. The van der Waals surface area contributed by atoms with Crippen LogP contribution in [-0.4, -0.2) is 9.78 Å². The minimum atomic E-state index is -0.425. The molecule has 0 aliphatic carbocycles. The molecule has 84 valence electrons. The van der Waals surface area contributed by atoms with E-state index in [1.807, 2.05) is 0 Å². The van der Waals surface area contributed by atoms with Gasteiger partial charge in [0, 0.05) is 0 Å². The fourth-order valence-corrected chi connectivity index (χ4v) is 1.34. The minimum Gasteiger partial charge on any atom is -0.266 e. The molecule has 0 amide bonds. The maximum Gasteiger partial charge on any atom is 0.287 e. The molecule has 1 aromatic heterocycles. The van der Waals surface area contributed by atoms with E-state index in [1.165, 1.54) is 10.9 Å². The Morgan fingerprint density at radius 1 is 1.50 bits per heavy atom. The van der Waals surface area contributed by atoms with Crippen molar-refractivity contribution in [2.24, 2.45) is 0 Å². The molecule has 16 heavy (non-hydrogen) atoms. The number of nitrogens with zero attached hydrogens (tertiary/aromatic N) is 2. The van der Waals surface area contributed by atoms with E-state index in [1.54, 1.807) is 18.2 Å². The first-order valence-electron chi connectivity index (χ1n) is 4.45. The number of aromatic nitrogens is 2. The first-order chi connectivity index (χ1) is 7.60. The molecule has 1 rings (SSSR count). The summed E-state index contributed by atoms with van der Waals surface area (Å²) in [6.07, 6.45) is 6.31. The Hall–Kier alpha value is -1.32. The van der Waals surface area contributed by atoms with Crippen molar-refractivity contribution in [3.8, 4) is 0 Å². The fourth-order valence-electron chi connectivity index (χ4n) is 1.07. The van der Waals surface area contributed by atoms with E-state index in [0.717, 1.165) is 5.57 Å². The standard InChI is InChI=1S/C11H10Cl2N2O/c1-3-5-8(4-2)7-15-11(16)10(13)9(12)6-14-15/h3-6H,1-2,7H2/b8-5+. The molecule has 0 atom stereocenters. The maximum atomic E-state index is 11.6. The molecule has 0 unspecified atom stereocenters. The van der Waals surface area contributed by atoms with Gasteiger partial charge in [0.2, 0.25) is 0 Å². The molecule has 0 aromatic carbocycles. The lowest BCUT2D eigenvalue weighted by molar-refractivity contribution is 0.639. The van der Waals surface area contributed by atoms with Crippen LogP contribution in [0.5, 0.6) is 0 Å². The Labute approximate surface area is 103 Å². The van der Waals surface area contributed by atoms with Crippen molar-refractivity contribution in [2.45, 2.75) is 6.54 Å². The maximum absolute atomic E-state index is 11.6. The van der Waals surface area contributed by atoms with Crippen LogP contribution in [0, 0.1) is 0 Å². The molecule has 0 spiro atoms. The monoisotopic (exact) mass is 256 g/mol. The van der Waals surface area contributed by atoms with Gasteiger partial charge in [-0.05, 0) is 5.57 Å². The Kier molecular flexibility index (Phi) is 4.52. The van der Waals surface area contributed by atoms with Gasteiger partial charge in [-0.1, -0.05) is 54.6 Å². The third kappa shape index (κ3) is 2.84. The summed E-state index contributed by atoms with van der Waals surface area (Å²) in [5.41, 5.74) is 0.383. The highest BCUT2D eigenvalue weighted by atomic mass is 35.5. The van der Waals surface area contributed by atoms with E-state index in [4.69, 9.17) is 23.2 Å². The number of hydrogen-bond donors (Lipinski definition) is 0. The van der Waals surface area contributed by atoms with Crippen LogP contribution in [0.4, 0.5) is 0 Å². The van der Waals surface area contributed by atoms with Crippen LogP contribution in [-0.2, 0) is 6.54 Å². The summed E-state index contributed by atoms with van der Waals surface area (Å²) in [5, 5.41) is 3.99. The lowest BCUT2D eigenvalue weighted by Crippen LogP contribution is -2.23. The normalized spacial score (nSPS) is 11.2. The quantitative estimate of drug-likeness (QED) is 0.777. The van der Waals surface area contributed by atoms with Crippen molar-refractivity contribution in [3.63, 3.8) is 0 Å². The second-order valence-corrected chi connectivity index (χ2v) is 3.74. The highest BCUT2D eigenvalue weighted by Gasteiger charge is 2.07. The van der Waals surface area contributed by atoms with Crippen molar-refractivity contribution in [1.29, 1.82) is 0 Å². The fraction of sp³-hybridized carbons (Fsp3) is 0.0909. The second kappa shape index (κ2) is 5.68. The summed E-state index contributed by atoms with van der Waals surface area (Å²) in [6, 6.07) is 0. The van der Waals surface area contributed by atoms with Crippen LogP contribution >= 0.6 is 23.2 Å². The summed E-state index contributed by atoms with van der Waals surface area (Å²) in [6.45, 7) is 7.48. The molecule has 0 aliphatic rings. The Bertz CT molecular complexity index is 503. The smallest absolute Gasteiger partial charge is 0.266 e. The van der Waals surface area contributed by atoms with Gasteiger partial charge in [-0.2, -0.15) is 5.10 Å². The van der Waals surface area contributed by atoms with Gasteiger partial charge in [-0.15, -0.1) is 0 Å². The predicted molar refractivity (Wildman–Crippen MR) is 67.0 cm³/mol. The lowest BCUT2D eigenvalue weighted by atomic mass is 10.2. The lowest BCUT2D eigenvalue weighted by Gasteiger charge is -2.05. The van der Waals surface area contributed by atoms with Gasteiger partial charge in [-0.25, -0.2) is 4.68 Å². The van der Waals surface area contributed by atoms with E-state index >= 15 is 0 Å². The molecule has 0 bridgehead atoms. The average Bonchev–Trinajstić information content (AvgIpc) is 2.29. The first-order valence-corrected chi connectivity index (χ1v) is 5.21. The minimum absolute atomic E-state index is 0.0290. The number of allylic oxidation sites excluding steroid dienone is 4. The van der Waals surface area contributed by atoms with Gasteiger partial charge in [0.15, 0.2) is 0 Å². The molecule has 1 aromatic rings. The van der Waals surface area contributed by atoms with Crippen molar-refractivity contribution in [3.05, 3.63) is 63.6 Å². The van der Waals surface area contributed by atoms with Gasteiger partial charge >= 0.3 is 0 Å². The Balaban J connectivity index is 3.12. The van der Waals surface area contributed by atoms with Crippen LogP contribution in [0.15, 0.2) is 48.0 Å². The Morgan fingerprint density at radius 2 is 2.19 bits per heavy atom. The van der Waals surface area contributed by atoms with Crippen molar-refractivity contribution < 1.29 is 0 Å². The third-order valence-electron chi connectivity index (χ3n) is 1.87. The largest absolute Gasteiger partial charge is 0.287 e. The van der Waals surface area contributed by atoms with Crippen LogP contribution in [0.3, 0.4) is 0 Å². The van der Waals surface area contributed by atoms with Crippen LogP contribution in [0.25, 0.3) is 0 Å². The van der Waals surface area contributed by atoms with Crippen LogP contribution in [0.1, 0.15) is 0 Å². The molecule has 0 aliphatic heterocycles. The zero-order chi connectivity index (χ0) is 12.1. The van der Waals surface area contributed by atoms with Gasteiger partial charge in [0.25, 0.3) is 5.56 Å². The van der Waals surface area contributed by atoms with E-state index in [-0.39, 0.29) is 16.6 Å². The van der Waals surface area contributed by atoms with Crippen LogP contribution < -0.4 is 5.56 Å². The summed E-state index contributed by atoms with van der Waals surface area (Å²) >= 11 is 11.4. The SMILES string of the molecule is C=C/C=C(\C=C)Cn1ncc(Cl)c(Cl)c1=O. The van der Waals surface area contributed by atoms with Gasteiger partial charge in [0.1, 0.15) is 5.02 Å². The van der Waals surface area contributed by atoms with Gasteiger partial charge in [-0.3, -0.25) is 4.79 Å². The zero-order valence-corrected chi connectivity index (χ0v) is 10.0. The first kappa shape index (κ1) is 12.7. The zero-order valence-electron chi connectivity index (χ0n) is 8.49. The third-order valence-corrected chi connectivity index (χ3v) is 2.62. The van der Waals surface area contributed by atoms with Gasteiger partial charge < -0.3 is 0 Å². The van der Waals surface area contributed by atoms with Crippen molar-refractivity contribution in [1.82, 2.24) is 9.78 Å². The summed E-state index contributed by atoms with van der Waals surface area (Å²) in [5.74, 6) is 0. The van der Waals surface area contributed by atoms with Crippen LogP contribution in [0.2, 0.25) is 10.0 Å². The van der Waals surface area contributed by atoms with E-state index in [0.29, 0.717) is 0 Å². The highest BCUT2D eigenvalue weighted by molar-refractivity contribution is 6.41. The molecule has 0 fully saturated rings. The van der Waals surface area contributed by atoms with E-state index < -0.39 is 5.56 Å². The number of halogens is 2. The summed E-state index contributed by atoms with van der Waals surface area (Å²) in [4.78, 5) is 11.6. The predicted octanol–water partition coefficient (Wildman–Crippen LogP) is 2.85. The number of rotatable bonds is 4. The summed E-state index contributed by atoms with van der Waals surface area (Å²) in [7, 11) is 0. The van der Waals surface area contributed by atoms with Crippen molar-refractivity contribution >= 4 is 23.2 Å². The topological polar surface area (TPSA) is 34.9 Å². The van der Waals surface area contributed by atoms with E-state index in [2.05, 4.69) is 18.3 Å². The average molecular weight is 257 g/mol. The van der Waals surface area contributed by atoms with Crippen molar-refractivity contribution in [2.75, 3.05) is 0 Å². The highest BCUT2D eigenvalue weighted by Crippen LogP contribution is 2.14. The molecule has 0 radical (unpaired) electrons. The molecular formula is C11H10Cl2N2O. The molecule has 0 N–H and O–H groups in total. The summed E-state index contributed by atoms with van der Waals surface area (Å²) < 4.78 is 1.21. The van der Waals surface area contributed by atoms with Gasteiger partial charge in [0.05, 0.1) is 17.8 Å². The van der Waals surface area contributed by atoms with E-state index in [9.17, 15) is 4.79 Å². The number of hydrogen-bond acceptors (Lipinski definition) is 2. The molecule has 0 saturated heterocycles. The molecule has 5 heteroatoms. The molecule has 3 nitrogen and oxygen atoms in total. The molecule has 1 heterocycles.